The van der Waals surface area contributed by atoms with Crippen molar-refractivity contribution in [1.82, 2.24) is 0 Å². The van der Waals surface area contributed by atoms with E-state index in [-0.39, 0.29) is 0 Å². The summed E-state index contributed by atoms with van der Waals surface area (Å²) in [7, 11) is 0. The Balaban J connectivity index is 2.50. The molecule has 0 saturated heterocycles. The zero-order valence-electron chi connectivity index (χ0n) is 9.84. The normalized spacial score (nSPS) is 12.1. The SMILES string of the molecule is NCCC(O)c1cccc(OCCCC=O)c1. The molecule has 0 aliphatic heterocycles. The highest BCUT2D eigenvalue weighted by molar-refractivity contribution is 5.49. The van der Waals surface area contributed by atoms with Gasteiger partial charge in [0.15, 0.2) is 0 Å². The van der Waals surface area contributed by atoms with Crippen LogP contribution in [-0.4, -0.2) is 24.5 Å². The lowest BCUT2D eigenvalue weighted by Crippen LogP contribution is -2.07. The number of rotatable bonds is 8. The molecule has 17 heavy (non-hydrogen) atoms. The fraction of sp³-hybridized carbons (Fsp3) is 0.462. The zero-order valence-corrected chi connectivity index (χ0v) is 9.84. The summed E-state index contributed by atoms with van der Waals surface area (Å²) < 4.78 is 5.48. The number of benzene rings is 1. The van der Waals surface area contributed by atoms with E-state index >= 15 is 0 Å². The minimum atomic E-state index is -0.543. The maximum absolute atomic E-state index is 10.1. The van der Waals surface area contributed by atoms with E-state index in [1.165, 1.54) is 0 Å². The first-order valence-electron chi connectivity index (χ1n) is 5.82. The summed E-state index contributed by atoms with van der Waals surface area (Å²) in [5.74, 6) is 0.712. The molecule has 0 heterocycles. The Bertz CT molecular complexity index is 341. The van der Waals surface area contributed by atoms with Crippen LogP contribution in [0.15, 0.2) is 24.3 Å². The van der Waals surface area contributed by atoms with Crippen molar-refractivity contribution in [2.45, 2.75) is 25.4 Å². The van der Waals surface area contributed by atoms with E-state index in [9.17, 15) is 9.90 Å². The molecular weight excluding hydrogens is 218 g/mol. The molecule has 0 radical (unpaired) electrons. The molecule has 0 aliphatic carbocycles. The van der Waals surface area contributed by atoms with Crippen LogP contribution >= 0.6 is 0 Å². The number of unbranched alkanes of at least 4 members (excludes halogenated alkanes) is 1. The standard InChI is InChI=1S/C13H19NO3/c14-7-6-13(16)11-4-3-5-12(10-11)17-9-2-1-8-15/h3-5,8,10,13,16H,1-2,6-7,9,14H2. The molecule has 1 aromatic carbocycles. The second kappa shape index (κ2) is 7.81. The van der Waals surface area contributed by atoms with Crippen LogP contribution < -0.4 is 10.5 Å². The lowest BCUT2D eigenvalue weighted by atomic mass is 10.1. The summed E-state index contributed by atoms with van der Waals surface area (Å²) in [4.78, 5) is 10.1. The first kappa shape index (κ1) is 13.7. The molecule has 3 N–H and O–H groups in total. The summed E-state index contributed by atoms with van der Waals surface area (Å²) >= 11 is 0. The van der Waals surface area contributed by atoms with Gasteiger partial charge >= 0.3 is 0 Å². The van der Waals surface area contributed by atoms with Gasteiger partial charge in [-0.3, -0.25) is 0 Å². The Morgan fingerprint density at radius 3 is 3.00 bits per heavy atom. The van der Waals surface area contributed by atoms with E-state index in [1.54, 1.807) is 6.07 Å². The predicted octanol–water partition coefficient (Wildman–Crippen LogP) is 1.43. The summed E-state index contributed by atoms with van der Waals surface area (Å²) in [5.41, 5.74) is 6.20. The molecule has 0 aromatic heterocycles. The van der Waals surface area contributed by atoms with Crippen molar-refractivity contribution in [3.8, 4) is 5.75 Å². The number of aldehydes is 1. The van der Waals surface area contributed by atoms with Crippen LogP contribution in [0.2, 0.25) is 0 Å². The maximum Gasteiger partial charge on any atom is 0.120 e. The molecule has 0 amide bonds. The molecule has 0 bridgehead atoms. The first-order valence-corrected chi connectivity index (χ1v) is 5.82. The molecule has 1 unspecified atom stereocenters. The Morgan fingerprint density at radius 2 is 2.29 bits per heavy atom. The number of hydrogen-bond acceptors (Lipinski definition) is 4. The second-order valence-electron chi connectivity index (χ2n) is 3.82. The average molecular weight is 237 g/mol. The summed E-state index contributed by atoms with van der Waals surface area (Å²) in [6.45, 7) is 0.959. The second-order valence-corrected chi connectivity index (χ2v) is 3.82. The van der Waals surface area contributed by atoms with Gasteiger partial charge < -0.3 is 20.4 Å². The van der Waals surface area contributed by atoms with Gasteiger partial charge in [0.05, 0.1) is 12.7 Å². The summed E-state index contributed by atoms with van der Waals surface area (Å²) in [6, 6.07) is 7.32. The van der Waals surface area contributed by atoms with Gasteiger partial charge in [-0.25, -0.2) is 0 Å². The molecule has 0 aliphatic rings. The van der Waals surface area contributed by atoms with Crippen molar-refractivity contribution in [3.63, 3.8) is 0 Å². The van der Waals surface area contributed by atoms with E-state index in [4.69, 9.17) is 10.5 Å². The van der Waals surface area contributed by atoms with Crippen LogP contribution in [0, 0.1) is 0 Å². The van der Waals surface area contributed by atoms with E-state index in [2.05, 4.69) is 0 Å². The highest BCUT2D eigenvalue weighted by Crippen LogP contribution is 2.21. The molecule has 1 atom stereocenters. The molecule has 94 valence electrons. The van der Waals surface area contributed by atoms with Gasteiger partial charge in [-0.05, 0) is 37.1 Å². The number of aliphatic hydroxyl groups excluding tert-OH is 1. The fourth-order valence-electron chi connectivity index (χ4n) is 1.49. The molecule has 1 aromatic rings. The lowest BCUT2D eigenvalue weighted by molar-refractivity contribution is -0.108. The smallest absolute Gasteiger partial charge is 0.120 e. The number of aliphatic hydroxyl groups is 1. The van der Waals surface area contributed by atoms with Crippen molar-refractivity contribution in [1.29, 1.82) is 0 Å². The minimum absolute atomic E-state index is 0.450. The number of ether oxygens (including phenoxy) is 1. The molecule has 4 nitrogen and oxygen atoms in total. The third-order valence-corrected chi connectivity index (χ3v) is 2.42. The molecule has 0 fully saturated rings. The largest absolute Gasteiger partial charge is 0.494 e. The first-order chi connectivity index (χ1) is 8.27. The molecule has 1 rings (SSSR count). The molecule has 0 saturated carbocycles. The van der Waals surface area contributed by atoms with Crippen LogP contribution in [0.25, 0.3) is 0 Å². The third kappa shape index (κ3) is 4.97. The summed E-state index contributed by atoms with van der Waals surface area (Å²) in [5, 5.41) is 9.77. The Hall–Kier alpha value is -1.39. The number of carbonyl (C=O) groups excluding carboxylic acids is 1. The van der Waals surface area contributed by atoms with Gasteiger partial charge in [0.25, 0.3) is 0 Å². The van der Waals surface area contributed by atoms with Crippen LogP contribution in [0.5, 0.6) is 5.75 Å². The van der Waals surface area contributed by atoms with Crippen molar-refractivity contribution in [3.05, 3.63) is 29.8 Å². The van der Waals surface area contributed by atoms with Crippen molar-refractivity contribution >= 4 is 6.29 Å². The van der Waals surface area contributed by atoms with Gasteiger partial charge in [-0.1, -0.05) is 12.1 Å². The van der Waals surface area contributed by atoms with Crippen LogP contribution in [-0.2, 0) is 4.79 Å². The van der Waals surface area contributed by atoms with Crippen molar-refractivity contribution in [2.24, 2.45) is 5.73 Å². The van der Waals surface area contributed by atoms with Crippen molar-refractivity contribution in [2.75, 3.05) is 13.2 Å². The zero-order chi connectivity index (χ0) is 12.5. The van der Waals surface area contributed by atoms with E-state index in [0.29, 0.717) is 38.2 Å². The third-order valence-electron chi connectivity index (χ3n) is 2.42. The fourth-order valence-corrected chi connectivity index (χ4v) is 1.49. The lowest BCUT2D eigenvalue weighted by Gasteiger charge is -2.11. The van der Waals surface area contributed by atoms with E-state index < -0.39 is 6.10 Å². The number of hydrogen-bond donors (Lipinski definition) is 2. The average Bonchev–Trinajstić information content (AvgIpc) is 2.35. The molecule has 4 heteroatoms. The minimum Gasteiger partial charge on any atom is -0.494 e. The van der Waals surface area contributed by atoms with Gasteiger partial charge in [0.2, 0.25) is 0 Å². The monoisotopic (exact) mass is 237 g/mol. The maximum atomic E-state index is 10.1. The van der Waals surface area contributed by atoms with Crippen molar-refractivity contribution < 1.29 is 14.6 Å². The highest BCUT2D eigenvalue weighted by Gasteiger charge is 2.07. The molecular formula is C13H19NO3. The quantitative estimate of drug-likeness (QED) is 0.530. The van der Waals surface area contributed by atoms with Gasteiger partial charge in [-0.2, -0.15) is 0 Å². The van der Waals surface area contributed by atoms with Crippen LogP contribution in [0.4, 0.5) is 0 Å². The Morgan fingerprint density at radius 1 is 1.47 bits per heavy atom. The topological polar surface area (TPSA) is 72.6 Å². The van der Waals surface area contributed by atoms with Gasteiger partial charge in [0, 0.05) is 6.42 Å². The highest BCUT2D eigenvalue weighted by atomic mass is 16.5. The number of carbonyl (C=O) groups is 1. The summed E-state index contributed by atoms with van der Waals surface area (Å²) in [6.07, 6.45) is 2.09. The molecule has 0 spiro atoms. The van der Waals surface area contributed by atoms with Gasteiger partial charge in [-0.15, -0.1) is 0 Å². The van der Waals surface area contributed by atoms with E-state index in [0.717, 1.165) is 11.8 Å². The van der Waals surface area contributed by atoms with Crippen LogP contribution in [0.3, 0.4) is 0 Å². The Labute approximate surface area is 101 Å². The van der Waals surface area contributed by atoms with Crippen LogP contribution in [0.1, 0.15) is 30.9 Å². The Kier molecular flexibility index (Phi) is 6.29. The number of nitrogens with two attached hydrogens (primary N) is 1. The predicted molar refractivity (Wildman–Crippen MR) is 65.9 cm³/mol. The van der Waals surface area contributed by atoms with Gasteiger partial charge in [0.1, 0.15) is 12.0 Å². The van der Waals surface area contributed by atoms with E-state index in [1.807, 2.05) is 18.2 Å².